The minimum atomic E-state index is -0.256. The van der Waals surface area contributed by atoms with Crippen molar-refractivity contribution in [3.63, 3.8) is 0 Å². The highest BCUT2D eigenvalue weighted by atomic mass is 32.1. The molecule has 0 aliphatic rings. The number of aromatic nitrogens is 1. The van der Waals surface area contributed by atoms with Crippen LogP contribution in [0.2, 0.25) is 0 Å². The Morgan fingerprint density at radius 3 is 2.92 bits per heavy atom. The number of hydrogen-bond acceptors (Lipinski definition) is 4. The zero-order chi connectivity index (χ0) is 9.68. The van der Waals surface area contributed by atoms with Gasteiger partial charge in [-0.3, -0.25) is 0 Å². The minimum Gasteiger partial charge on any atom is -0.393 e. The number of nitrogens with zero attached hydrogens (tertiary/aromatic N) is 2. The van der Waals surface area contributed by atoms with Gasteiger partial charge in [-0.1, -0.05) is 0 Å². The van der Waals surface area contributed by atoms with E-state index in [0.29, 0.717) is 6.42 Å². The van der Waals surface area contributed by atoms with Gasteiger partial charge in [-0.25, -0.2) is 4.98 Å². The maximum absolute atomic E-state index is 9.61. The van der Waals surface area contributed by atoms with Crippen LogP contribution >= 0.6 is 11.3 Å². The molecule has 1 aromatic heterocycles. The van der Waals surface area contributed by atoms with E-state index in [4.69, 9.17) is 0 Å². The van der Waals surface area contributed by atoms with E-state index in [0.717, 1.165) is 18.0 Å². The lowest BCUT2D eigenvalue weighted by Gasteiger charge is -2.12. The monoisotopic (exact) mass is 200 g/mol. The van der Waals surface area contributed by atoms with Gasteiger partial charge < -0.3 is 10.0 Å². The quantitative estimate of drug-likeness (QED) is 0.770. The SMILES string of the molecule is CN(C)CCC(O)Cc1nccs1. The first-order valence-electron chi connectivity index (χ1n) is 4.39. The molecule has 0 saturated carbocycles. The molecule has 1 rings (SSSR count). The van der Waals surface area contributed by atoms with Crippen LogP contribution in [0.25, 0.3) is 0 Å². The average Bonchev–Trinajstić information content (AvgIpc) is 2.53. The predicted molar refractivity (Wildman–Crippen MR) is 55.0 cm³/mol. The van der Waals surface area contributed by atoms with E-state index >= 15 is 0 Å². The van der Waals surface area contributed by atoms with Gasteiger partial charge >= 0.3 is 0 Å². The van der Waals surface area contributed by atoms with Gasteiger partial charge in [0.1, 0.15) is 0 Å². The summed E-state index contributed by atoms with van der Waals surface area (Å²) >= 11 is 1.60. The number of aliphatic hydroxyl groups is 1. The highest BCUT2D eigenvalue weighted by molar-refractivity contribution is 7.09. The number of hydrogen-bond donors (Lipinski definition) is 1. The predicted octanol–water partition coefficient (Wildman–Crippen LogP) is 0.998. The lowest BCUT2D eigenvalue weighted by Crippen LogP contribution is -2.20. The summed E-state index contributed by atoms with van der Waals surface area (Å²) in [5.74, 6) is 0. The average molecular weight is 200 g/mol. The third kappa shape index (κ3) is 4.36. The smallest absolute Gasteiger partial charge is 0.0950 e. The summed E-state index contributed by atoms with van der Waals surface area (Å²) in [5, 5.41) is 12.6. The molecule has 0 fully saturated rings. The van der Waals surface area contributed by atoms with Crippen molar-refractivity contribution in [2.24, 2.45) is 0 Å². The Morgan fingerprint density at radius 2 is 2.38 bits per heavy atom. The zero-order valence-corrected chi connectivity index (χ0v) is 8.92. The molecule has 0 aliphatic heterocycles. The molecular weight excluding hydrogens is 184 g/mol. The fourth-order valence-corrected chi connectivity index (χ4v) is 1.75. The second-order valence-corrected chi connectivity index (χ2v) is 4.35. The first-order chi connectivity index (χ1) is 6.18. The Labute approximate surface area is 83.0 Å². The molecule has 0 spiro atoms. The van der Waals surface area contributed by atoms with Crippen molar-refractivity contribution < 1.29 is 5.11 Å². The summed E-state index contributed by atoms with van der Waals surface area (Å²) in [6, 6.07) is 0. The Kier molecular flexibility index (Phi) is 4.35. The molecule has 13 heavy (non-hydrogen) atoms. The lowest BCUT2D eigenvalue weighted by atomic mass is 10.2. The summed E-state index contributed by atoms with van der Waals surface area (Å²) in [5.41, 5.74) is 0. The highest BCUT2D eigenvalue weighted by Crippen LogP contribution is 2.08. The molecular formula is C9H16N2OS. The van der Waals surface area contributed by atoms with E-state index in [9.17, 15) is 5.11 Å². The zero-order valence-electron chi connectivity index (χ0n) is 8.10. The second kappa shape index (κ2) is 5.32. The summed E-state index contributed by atoms with van der Waals surface area (Å²) in [6.45, 7) is 0.923. The molecule has 3 nitrogen and oxygen atoms in total. The Balaban J connectivity index is 2.22. The van der Waals surface area contributed by atoms with Gasteiger partial charge in [0.2, 0.25) is 0 Å². The van der Waals surface area contributed by atoms with Crippen molar-refractivity contribution in [2.45, 2.75) is 18.9 Å². The molecule has 1 aromatic rings. The van der Waals surface area contributed by atoms with E-state index < -0.39 is 0 Å². The topological polar surface area (TPSA) is 36.4 Å². The summed E-state index contributed by atoms with van der Waals surface area (Å²) in [7, 11) is 4.02. The van der Waals surface area contributed by atoms with Crippen molar-refractivity contribution in [1.29, 1.82) is 0 Å². The molecule has 1 N–H and O–H groups in total. The van der Waals surface area contributed by atoms with Crippen molar-refractivity contribution >= 4 is 11.3 Å². The van der Waals surface area contributed by atoms with Gasteiger partial charge in [-0.05, 0) is 27.1 Å². The summed E-state index contributed by atoms with van der Waals surface area (Å²) in [4.78, 5) is 6.20. The van der Waals surface area contributed by atoms with E-state index in [2.05, 4.69) is 9.88 Å². The van der Waals surface area contributed by atoms with Gasteiger partial charge in [0.15, 0.2) is 0 Å². The van der Waals surface area contributed by atoms with Crippen molar-refractivity contribution in [1.82, 2.24) is 9.88 Å². The normalized spacial score (nSPS) is 13.5. The molecule has 1 heterocycles. The molecule has 0 aliphatic carbocycles. The van der Waals surface area contributed by atoms with Crippen LogP contribution < -0.4 is 0 Å². The van der Waals surface area contributed by atoms with Gasteiger partial charge in [0, 0.05) is 18.0 Å². The van der Waals surface area contributed by atoms with Gasteiger partial charge in [0.05, 0.1) is 11.1 Å². The lowest BCUT2D eigenvalue weighted by molar-refractivity contribution is 0.152. The van der Waals surface area contributed by atoms with Crippen LogP contribution in [-0.4, -0.2) is 41.7 Å². The van der Waals surface area contributed by atoms with E-state index in [-0.39, 0.29) is 6.10 Å². The second-order valence-electron chi connectivity index (χ2n) is 3.38. The van der Waals surface area contributed by atoms with Crippen LogP contribution in [-0.2, 0) is 6.42 Å². The molecule has 74 valence electrons. The minimum absolute atomic E-state index is 0.256. The fraction of sp³-hybridized carbons (Fsp3) is 0.667. The molecule has 0 bridgehead atoms. The first-order valence-corrected chi connectivity index (χ1v) is 5.27. The summed E-state index contributed by atoms with van der Waals surface area (Å²) < 4.78 is 0. The Hall–Kier alpha value is -0.450. The van der Waals surface area contributed by atoms with Crippen LogP contribution in [0.3, 0.4) is 0 Å². The molecule has 1 unspecified atom stereocenters. The highest BCUT2D eigenvalue weighted by Gasteiger charge is 2.07. The number of thiazole rings is 1. The van der Waals surface area contributed by atoms with Crippen molar-refractivity contribution in [3.8, 4) is 0 Å². The van der Waals surface area contributed by atoms with Crippen LogP contribution in [0.1, 0.15) is 11.4 Å². The molecule has 0 radical (unpaired) electrons. The first kappa shape index (κ1) is 10.6. The fourth-order valence-electron chi connectivity index (χ4n) is 1.06. The molecule has 4 heteroatoms. The van der Waals surface area contributed by atoms with Gasteiger partial charge in [-0.15, -0.1) is 11.3 Å². The number of rotatable bonds is 5. The van der Waals surface area contributed by atoms with Crippen molar-refractivity contribution in [3.05, 3.63) is 16.6 Å². The van der Waals surface area contributed by atoms with Crippen LogP contribution in [0.15, 0.2) is 11.6 Å². The molecule has 0 amide bonds. The molecule has 1 atom stereocenters. The van der Waals surface area contributed by atoms with Crippen LogP contribution in [0.5, 0.6) is 0 Å². The number of aliphatic hydroxyl groups excluding tert-OH is 1. The van der Waals surface area contributed by atoms with Crippen LogP contribution in [0, 0.1) is 0 Å². The van der Waals surface area contributed by atoms with E-state index in [1.165, 1.54) is 0 Å². The molecule has 0 aromatic carbocycles. The third-order valence-corrected chi connectivity index (χ3v) is 2.61. The van der Waals surface area contributed by atoms with E-state index in [1.807, 2.05) is 19.5 Å². The van der Waals surface area contributed by atoms with Gasteiger partial charge in [-0.2, -0.15) is 0 Å². The molecule has 0 saturated heterocycles. The Morgan fingerprint density at radius 1 is 1.62 bits per heavy atom. The Bertz CT molecular complexity index is 224. The van der Waals surface area contributed by atoms with Crippen LogP contribution in [0.4, 0.5) is 0 Å². The maximum Gasteiger partial charge on any atom is 0.0950 e. The standard InChI is InChI=1S/C9H16N2OS/c1-11(2)5-3-8(12)7-9-10-4-6-13-9/h4,6,8,12H,3,5,7H2,1-2H3. The van der Waals surface area contributed by atoms with E-state index in [1.54, 1.807) is 17.5 Å². The van der Waals surface area contributed by atoms with Crippen molar-refractivity contribution in [2.75, 3.05) is 20.6 Å². The summed E-state index contributed by atoms with van der Waals surface area (Å²) in [6.07, 6.45) is 3.02. The maximum atomic E-state index is 9.61. The largest absolute Gasteiger partial charge is 0.393 e. The third-order valence-electron chi connectivity index (χ3n) is 1.80. The van der Waals surface area contributed by atoms with Gasteiger partial charge in [0.25, 0.3) is 0 Å².